The molecular weight excluding hydrogens is 390 g/mol. The van der Waals surface area contributed by atoms with Crippen molar-refractivity contribution in [3.8, 4) is 0 Å². The van der Waals surface area contributed by atoms with Gasteiger partial charge >= 0.3 is 0 Å². The van der Waals surface area contributed by atoms with Crippen LogP contribution in [0.1, 0.15) is 9.67 Å². The molecule has 0 bridgehead atoms. The topological polar surface area (TPSA) is 66.5 Å². The van der Waals surface area contributed by atoms with E-state index in [2.05, 4.69) is 5.32 Å². The molecule has 1 fully saturated rings. The minimum Gasteiger partial charge on any atom is -0.321 e. The number of carbonyl (C=O) groups is 1. The number of nitrogens with zero attached hydrogens (tertiary/aromatic N) is 1. The maximum Gasteiger partial charge on any atom is 0.267 e. The first-order valence-electron chi connectivity index (χ1n) is 7.31. The molecule has 0 spiro atoms. The zero-order chi connectivity index (χ0) is 18.0. The highest BCUT2D eigenvalue weighted by Gasteiger charge is 2.31. The second-order valence-corrected chi connectivity index (χ2v) is 9.26. The molecule has 2 heterocycles. The van der Waals surface area contributed by atoms with E-state index < -0.39 is 27.6 Å². The van der Waals surface area contributed by atoms with Crippen molar-refractivity contribution in [2.24, 2.45) is 0 Å². The third-order valence-electron chi connectivity index (χ3n) is 3.60. The first-order chi connectivity index (χ1) is 11.9. The van der Waals surface area contributed by atoms with Crippen LogP contribution >= 0.6 is 23.1 Å². The van der Waals surface area contributed by atoms with E-state index in [1.54, 1.807) is 11.8 Å². The molecule has 10 heteroatoms. The molecule has 134 valence electrons. The van der Waals surface area contributed by atoms with Crippen LogP contribution in [0.15, 0.2) is 34.5 Å². The standard InChI is InChI=1S/C15H14F2N2O3S3/c16-11-2-1-10(9-12(11)17)18-15(20)14-13(3-6-24-14)25(21,22)19-4-7-23-8-5-19/h1-3,6,9H,4-5,7-8H2,(H,18,20). The van der Waals surface area contributed by atoms with Gasteiger partial charge in [0.15, 0.2) is 11.6 Å². The summed E-state index contributed by atoms with van der Waals surface area (Å²) in [6.07, 6.45) is 0. The molecule has 1 N–H and O–H groups in total. The van der Waals surface area contributed by atoms with Crippen LogP contribution in [0.2, 0.25) is 0 Å². The lowest BCUT2D eigenvalue weighted by Gasteiger charge is -2.25. The SMILES string of the molecule is O=C(Nc1ccc(F)c(F)c1)c1sccc1S(=O)(=O)N1CCSCC1. The predicted octanol–water partition coefficient (Wildman–Crippen LogP) is 3.02. The Bertz CT molecular complexity index is 893. The molecule has 0 atom stereocenters. The number of amides is 1. The summed E-state index contributed by atoms with van der Waals surface area (Å²) >= 11 is 2.66. The molecule has 2 aromatic rings. The molecule has 1 aromatic carbocycles. The minimum absolute atomic E-state index is 0.0166. The van der Waals surface area contributed by atoms with Crippen molar-refractivity contribution in [2.75, 3.05) is 29.9 Å². The molecule has 0 radical (unpaired) electrons. The van der Waals surface area contributed by atoms with Crippen LogP contribution in [-0.2, 0) is 10.0 Å². The van der Waals surface area contributed by atoms with Crippen molar-refractivity contribution in [1.29, 1.82) is 0 Å². The van der Waals surface area contributed by atoms with Crippen LogP contribution in [0.3, 0.4) is 0 Å². The number of benzene rings is 1. The number of hydrogen-bond acceptors (Lipinski definition) is 5. The summed E-state index contributed by atoms with van der Waals surface area (Å²) in [5.41, 5.74) is 0.0509. The Kier molecular flexibility index (Phi) is 5.42. The first kappa shape index (κ1) is 18.3. The van der Waals surface area contributed by atoms with E-state index in [0.717, 1.165) is 23.5 Å². The molecule has 1 aromatic heterocycles. The molecule has 1 saturated heterocycles. The van der Waals surface area contributed by atoms with Crippen molar-refractivity contribution < 1.29 is 22.0 Å². The third-order valence-corrected chi connectivity index (χ3v) is 7.53. The highest BCUT2D eigenvalue weighted by atomic mass is 32.2. The Morgan fingerprint density at radius 1 is 1.12 bits per heavy atom. The smallest absolute Gasteiger partial charge is 0.267 e. The third kappa shape index (κ3) is 3.86. The largest absolute Gasteiger partial charge is 0.321 e. The Labute approximate surface area is 152 Å². The van der Waals surface area contributed by atoms with Crippen molar-refractivity contribution in [2.45, 2.75) is 4.90 Å². The second kappa shape index (κ2) is 7.40. The van der Waals surface area contributed by atoms with Gasteiger partial charge in [0, 0.05) is 36.3 Å². The van der Waals surface area contributed by atoms with Crippen molar-refractivity contribution >= 4 is 44.7 Å². The zero-order valence-corrected chi connectivity index (χ0v) is 15.3. The van der Waals surface area contributed by atoms with Crippen LogP contribution in [0.4, 0.5) is 14.5 Å². The lowest BCUT2D eigenvalue weighted by Crippen LogP contribution is -2.38. The molecular formula is C15H14F2N2O3S3. The van der Waals surface area contributed by atoms with Gasteiger partial charge in [-0.2, -0.15) is 16.1 Å². The van der Waals surface area contributed by atoms with Gasteiger partial charge in [0.1, 0.15) is 9.77 Å². The molecule has 1 aliphatic heterocycles. The normalized spacial score (nSPS) is 15.9. The molecule has 3 rings (SSSR count). The van der Waals surface area contributed by atoms with E-state index in [1.807, 2.05) is 0 Å². The van der Waals surface area contributed by atoms with Gasteiger partial charge in [-0.25, -0.2) is 17.2 Å². The summed E-state index contributed by atoms with van der Waals surface area (Å²) in [6.45, 7) is 0.792. The van der Waals surface area contributed by atoms with Crippen LogP contribution < -0.4 is 5.32 Å². The number of sulfonamides is 1. The summed E-state index contributed by atoms with van der Waals surface area (Å²) in [5, 5.41) is 3.93. The molecule has 25 heavy (non-hydrogen) atoms. The van der Waals surface area contributed by atoms with E-state index >= 15 is 0 Å². The molecule has 1 aliphatic rings. The van der Waals surface area contributed by atoms with Crippen LogP contribution in [-0.4, -0.2) is 43.2 Å². The van der Waals surface area contributed by atoms with E-state index in [4.69, 9.17) is 0 Å². The van der Waals surface area contributed by atoms with Crippen molar-refractivity contribution in [1.82, 2.24) is 4.31 Å². The van der Waals surface area contributed by atoms with E-state index in [-0.39, 0.29) is 15.5 Å². The van der Waals surface area contributed by atoms with Gasteiger partial charge in [0.25, 0.3) is 5.91 Å². The Morgan fingerprint density at radius 3 is 2.52 bits per heavy atom. The van der Waals surface area contributed by atoms with Crippen LogP contribution in [0.5, 0.6) is 0 Å². The number of thioether (sulfide) groups is 1. The lowest BCUT2D eigenvalue weighted by atomic mass is 10.3. The Hall–Kier alpha value is -1.49. The van der Waals surface area contributed by atoms with Gasteiger partial charge < -0.3 is 5.32 Å². The average molecular weight is 404 g/mol. The monoisotopic (exact) mass is 404 g/mol. The summed E-state index contributed by atoms with van der Waals surface area (Å²) in [4.78, 5) is 12.4. The maximum atomic E-state index is 13.3. The van der Waals surface area contributed by atoms with Crippen molar-refractivity contribution in [3.05, 3.63) is 46.2 Å². The second-order valence-electron chi connectivity index (χ2n) is 5.21. The predicted molar refractivity (Wildman–Crippen MR) is 94.7 cm³/mol. The summed E-state index contributed by atoms with van der Waals surface area (Å²) in [7, 11) is -3.77. The number of anilines is 1. The first-order valence-corrected chi connectivity index (χ1v) is 10.8. The minimum atomic E-state index is -3.77. The number of nitrogens with one attached hydrogen (secondary N) is 1. The average Bonchev–Trinajstić information content (AvgIpc) is 3.10. The Morgan fingerprint density at radius 2 is 1.84 bits per heavy atom. The number of thiophene rings is 1. The lowest BCUT2D eigenvalue weighted by molar-refractivity contribution is 0.102. The molecule has 0 saturated carbocycles. The summed E-state index contributed by atoms with van der Waals surface area (Å²) < 4.78 is 53.1. The van der Waals surface area contributed by atoms with Gasteiger partial charge in [0.05, 0.1) is 0 Å². The van der Waals surface area contributed by atoms with Gasteiger partial charge in [-0.1, -0.05) is 0 Å². The molecule has 0 unspecified atom stereocenters. The number of carbonyl (C=O) groups excluding carboxylic acids is 1. The van der Waals surface area contributed by atoms with Crippen LogP contribution in [0.25, 0.3) is 0 Å². The van der Waals surface area contributed by atoms with Gasteiger partial charge in [-0.15, -0.1) is 11.3 Å². The fourth-order valence-corrected chi connectivity index (χ4v) is 6.23. The number of hydrogen-bond donors (Lipinski definition) is 1. The van der Waals surface area contributed by atoms with Crippen LogP contribution in [0, 0.1) is 11.6 Å². The highest BCUT2D eigenvalue weighted by molar-refractivity contribution is 7.99. The number of halogens is 2. The van der Waals surface area contributed by atoms with E-state index in [1.165, 1.54) is 21.8 Å². The quantitative estimate of drug-likeness (QED) is 0.851. The van der Waals surface area contributed by atoms with E-state index in [9.17, 15) is 22.0 Å². The fourth-order valence-electron chi connectivity index (χ4n) is 2.35. The fraction of sp³-hybridized carbons (Fsp3) is 0.267. The Balaban J connectivity index is 1.85. The van der Waals surface area contributed by atoms with Gasteiger partial charge in [-0.3, -0.25) is 4.79 Å². The summed E-state index contributed by atoms with van der Waals surface area (Å²) in [6, 6.07) is 4.33. The molecule has 0 aliphatic carbocycles. The van der Waals surface area contributed by atoms with Gasteiger partial charge in [-0.05, 0) is 23.6 Å². The molecule has 5 nitrogen and oxygen atoms in total. The van der Waals surface area contributed by atoms with Crippen molar-refractivity contribution in [3.63, 3.8) is 0 Å². The van der Waals surface area contributed by atoms with E-state index in [0.29, 0.717) is 24.6 Å². The maximum absolute atomic E-state index is 13.3. The van der Waals surface area contributed by atoms with Gasteiger partial charge in [0.2, 0.25) is 10.0 Å². The summed E-state index contributed by atoms with van der Waals surface area (Å²) in [5.74, 6) is -1.38. The number of rotatable bonds is 4. The highest BCUT2D eigenvalue weighted by Crippen LogP contribution is 2.28. The zero-order valence-electron chi connectivity index (χ0n) is 12.9. The molecule has 1 amide bonds.